The normalized spacial score (nSPS) is 12.4. The lowest BCUT2D eigenvalue weighted by Gasteiger charge is -2.31. The summed E-state index contributed by atoms with van der Waals surface area (Å²) in [7, 11) is 1.73. The fraction of sp³-hybridized carbons (Fsp3) is 1.00. The molecule has 0 rings (SSSR count). The maximum Gasteiger partial charge on any atom is 0.0462 e. The third-order valence-corrected chi connectivity index (χ3v) is 3.60. The molecular formula is C11H22Cl2O. The fourth-order valence-corrected chi connectivity index (χ4v) is 2.61. The van der Waals surface area contributed by atoms with Gasteiger partial charge in [-0.1, -0.05) is 13.8 Å². The Hall–Kier alpha value is 0.540. The fourth-order valence-electron chi connectivity index (χ4n) is 1.84. The van der Waals surface area contributed by atoms with Gasteiger partial charge in [-0.15, -0.1) is 23.2 Å². The van der Waals surface area contributed by atoms with Crippen molar-refractivity contribution in [1.82, 2.24) is 0 Å². The molecular weight excluding hydrogens is 219 g/mol. The molecule has 0 aliphatic heterocycles. The Morgan fingerprint density at radius 2 is 1.79 bits per heavy atom. The van der Waals surface area contributed by atoms with Crippen LogP contribution in [-0.4, -0.2) is 25.5 Å². The van der Waals surface area contributed by atoms with E-state index in [1.165, 1.54) is 0 Å². The molecule has 0 radical (unpaired) electrons. The Morgan fingerprint density at radius 1 is 1.21 bits per heavy atom. The Balaban J connectivity index is 4.07. The average molecular weight is 241 g/mol. The summed E-state index contributed by atoms with van der Waals surface area (Å²) in [6.45, 7) is 5.22. The van der Waals surface area contributed by atoms with Crippen molar-refractivity contribution in [3.05, 3.63) is 0 Å². The second-order valence-electron chi connectivity index (χ2n) is 4.46. The number of halogens is 2. The van der Waals surface area contributed by atoms with Gasteiger partial charge in [0, 0.05) is 25.5 Å². The molecule has 0 aromatic rings. The van der Waals surface area contributed by atoms with Crippen LogP contribution in [-0.2, 0) is 4.74 Å². The molecule has 0 heterocycles. The van der Waals surface area contributed by atoms with E-state index in [0.29, 0.717) is 17.7 Å². The van der Waals surface area contributed by atoms with Crippen LogP contribution in [0.25, 0.3) is 0 Å². The van der Waals surface area contributed by atoms with E-state index in [1.54, 1.807) is 7.11 Å². The van der Waals surface area contributed by atoms with Crippen molar-refractivity contribution in [2.75, 3.05) is 25.5 Å². The SMILES string of the molecule is COCCCC(CCl)(CCl)CC(C)C. The summed E-state index contributed by atoms with van der Waals surface area (Å²) in [6, 6.07) is 0. The van der Waals surface area contributed by atoms with Crippen molar-refractivity contribution >= 4 is 23.2 Å². The van der Waals surface area contributed by atoms with Gasteiger partial charge in [-0.2, -0.15) is 0 Å². The zero-order valence-electron chi connectivity index (χ0n) is 9.48. The number of methoxy groups -OCH3 is 1. The van der Waals surface area contributed by atoms with E-state index >= 15 is 0 Å². The molecule has 1 nitrogen and oxygen atoms in total. The highest BCUT2D eigenvalue weighted by Crippen LogP contribution is 2.34. The lowest BCUT2D eigenvalue weighted by Crippen LogP contribution is -2.27. The van der Waals surface area contributed by atoms with Gasteiger partial charge in [0.15, 0.2) is 0 Å². The summed E-state index contributed by atoms with van der Waals surface area (Å²) in [4.78, 5) is 0. The minimum Gasteiger partial charge on any atom is -0.385 e. The number of ether oxygens (including phenoxy) is 1. The van der Waals surface area contributed by atoms with E-state index in [1.807, 2.05) is 0 Å². The van der Waals surface area contributed by atoms with Gasteiger partial charge in [-0.05, 0) is 30.6 Å². The van der Waals surface area contributed by atoms with Crippen LogP contribution in [0.15, 0.2) is 0 Å². The molecule has 0 amide bonds. The highest BCUT2D eigenvalue weighted by Gasteiger charge is 2.28. The molecule has 0 aromatic carbocycles. The van der Waals surface area contributed by atoms with Crippen LogP contribution in [0.1, 0.15) is 33.1 Å². The Bertz CT molecular complexity index is 133. The second kappa shape index (κ2) is 7.78. The van der Waals surface area contributed by atoms with E-state index in [4.69, 9.17) is 27.9 Å². The molecule has 14 heavy (non-hydrogen) atoms. The van der Waals surface area contributed by atoms with E-state index in [9.17, 15) is 0 Å². The summed E-state index contributed by atoms with van der Waals surface area (Å²) < 4.78 is 5.05. The van der Waals surface area contributed by atoms with Crippen molar-refractivity contribution in [3.63, 3.8) is 0 Å². The molecule has 0 atom stereocenters. The number of alkyl halides is 2. The number of hydrogen-bond acceptors (Lipinski definition) is 1. The maximum atomic E-state index is 6.02. The lowest BCUT2D eigenvalue weighted by molar-refractivity contribution is 0.169. The van der Waals surface area contributed by atoms with Crippen LogP contribution in [0, 0.1) is 11.3 Å². The van der Waals surface area contributed by atoms with Gasteiger partial charge in [0.05, 0.1) is 0 Å². The zero-order valence-corrected chi connectivity index (χ0v) is 11.0. The predicted molar refractivity (Wildman–Crippen MR) is 64.4 cm³/mol. The molecule has 0 fully saturated rings. The molecule has 0 unspecified atom stereocenters. The van der Waals surface area contributed by atoms with Gasteiger partial charge < -0.3 is 4.74 Å². The summed E-state index contributed by atoms with van der Waals surface area (Å²) >= 11 is 12.0. The van der Waals surface area contributed by atoms with Gasteiger partial charge in [0.25, 0.3) is 0 Å². The zero-order chi connectivity index (χ0) is 11.0. The standard InChI is InChI=1S/C11H22Cl2O/c1-10(2)7-11(8-12,9-13)5-4-6-14-3/h10H,4-9H2,1-3H3. The van der Waals surface area contributed by atoms with E-state index in [-0.39, 0.29) is 5.41 Å². The molecule has 0 aromatic heterocycles. The molecule has 0 bridgehead atoms. The van der Waals surface area contributed by atoms with Crippen molar-refractivity contribution in [1.29, 1.82) is 0 Å². The Kier molecular flexibility index (Phi) is 8.08. The minimum absolute atomic E-state index is 0.107. The third kappa shape index (κ3) is 5.43. The highest BCUT2D eigenvalue weighted by molar-refractivity contribution is 6.21. The van der Waals surface area contributed by atoms with Gasteiger partial charge >= 0.3 is 0 Å². The van der Waals surface area contributed by atoms with Crippen molar-refractivity contribution in [2.24, 2.45) is 11.3 Å². The van der Waals surface area contributed by atoms with Crippen LogP contribution in [0.5, 0.6) is 0 Å². The average Bonchev–Trinajstić information content (AvgIpc) is 2.16. The van der Waals surface area contributed by atoms with Crippen LogP contribution in [0.2, 0.25) is 0 Å². The molecule has 86 valence electrons. The highest BCUT2D eigenvalue weighted by atomic mass is 35.5. The van der Waals surface area contributed by atoms with Gasteiger partial charge in [-0.3, -0.25) is 0 Å². The summed E-state index contributed by atoms with van der Waals surface area (Å²) in [6.07, 6.45) is 3.21. The van der Waals surface area contributed by atoms with E-state index in [2.05, 4.69) is 13.8 Å². The molecule has 3 heteroatoms. The van der Waals surface area contributed by atoms with Crippen LogP contribution in [0.4, 0.5) is 0 Å². The third-order valence-electron chi connectivity index (χ3n) is 2.46. The molecule has 0 saturated carbocycles. The molecule has 0 aliphatic rings. The largest absolute Gasteiger partial charge is 0.385 e. The number of rotatable bonds is 8. The quantitative estimate of drug-likeness (QED) is 0.462. The summed E-state index contributed by atoms with van der Waals surface area (Å²) in [5.41, 5.74) is 0.107. The van der Waals surface area contributed by atoms with Crippen LogP contribution in [0.3, 0.4) is 0 Å². The first-order chi connectivity index (χ1) is 6.60. The minimum atomic E-state index is 0.107. The lowest BCUT2D eigenvalue weighted by atomic mass is 9.80. The monoisotopic (exact) mass is 240 g/mol. The Morgan fingerprint density at radius 3 is 2.14 bits per heavy atom. The van der Waals surface area contributed by atoms with Gasteiger partial charge in [0.2, 0.25) is 0 Å². The topological polar surface area (TPSA) is 9.23 Å². The first-order valence-corrected chi connectivity index (χ1v) is 6.28. The Labute approximate surface area is 98.1 Å². The predicted octanol–water partition coefficient (Wildman–Crippen LogP) is 3.92. The van der Waals surface area contributed by atoms with E-state index in [0.717, 1.165) is 25.9 Å². The number of hydrogen-bond donors (Lipinski definition) is 0. The van der Waals surface area contributed by atoms with Crippen LogP contribution < -0.4 is 0 Å². The summed E-state index contributed by atoms with van der Waals surface area (Å²) in [5.74, 6) is 1.95. The van der Waals surface area contributed by atoms with Crippen molar-refractivity contribution in [3.8, 4) is 0 Å². The first kappa shape index (κ1) is 14.5. The molecule has 0 aliphatic carbocycles. The first-order valence-electron chi connectivity index (χ1n) is 5.21. The molecule has 0 N–H and O–H groups in total. The van der Waals surface area contributed by atoms with Crippen molar-refractivity contribution in [2.45, 2.75) is 33.1 Å². The second-order valence-corrected chi connectivity index (χ2v) is 5.00. The van der Waals surface area contributed by atoms with E-state index < -0.39 is 0 Å². The molecule has 0 spiro atoms. The molecule has 0 saturated heterocycles. The maximum absolute atomic E-state index is 6.02. The van der Waals surface area contributed by atoms with Crippen molar-refractivity contribution < 1.29 is 4.74 Å². The smallest absolute Gasteiger partial charge is 0.0462 e. The van der Waals surface area contributed by atoms with Gasteiger partial charge in [0.1, 0.15) is 0 Å². The summed E-state index contributed by atoms with van der Waals surface area (Å²) in [5, 5.41) is 0. The van der Waals surface area contributed by atoms with Gasteiger partial charge in [-0.25, -0.2) is 0 Å². The van der Waals surface area contributed by atoms with Crippen LogP contribution >= 0.6 is 23.2 Å².